The van der Waals surface area contributed by atoms with Crippen molar-refractivity contribution in [1.82, 2.24) is 9.62 Å². The summed E-state index contributed by atoms with van der Waals surface area (Å²) in [5, 5.41) is 2.79. The van der Waals surface area contributed by atoms with Crippen LogP contribution in [0.15, 0.2) is 53.4 Å². The first-order chi connectivity index (χ1) is 14.9. The van der Waals surface area contributed by atoms with Crippen molar-refractivity contribution in [2.75, 3.05) is 33.9 Å². The van der Waals surface area contributed by atoms with E-state index in [2.05, 4.69) is 5.32 Å². The largest absolute Gasteiger partial charge is 0.497 e. The molecule has 1 saturated heterocycles. The smallest absolute Gasteiger partial charge is 0.247 e. The Balaban J connectivity index is 1.84. The first kappa shape index (κ1) is 23.1. The predicted octanol–water partition coefficient (Wildman–Crippen LogP) is 2.19. The van der Waals surface area contributed by atoms with Crippen molar-refractivity contribution in [3.8, 4) is 11.5 Å². The zero-order valence-corrected chi connectivity index (χ0v) is 18.6. The normalized spacial score (nSPS) is 16.3. The number of sulfonamides is 1. The third kappa shape index (κ3) is 5.96. The van der Waals surface area contributed by atoms with E-state index in [9.17, 15) is 13.2 Å². The molecular formula is C22H28N2O6S. The van der Waals surface area contributed by atoms with Crippen molar-refractivity contribution in [1.29, 1.82) is 0 Å². The minimum atomic E-state index is -4.04. The lowest BCUT2D eigenvalue weighted by Crippen LogP contribution is -2.42. The van der Waals surface area contributed by atoms with Crippen LogP contribution in [-0.2, 0) is 26.1 Å². The Morgan fingerprint density at radius 2 is 1.94 bits per heavy atom. The number of hydrogen-bond donors (Lipinski definition) is 1. The molecule has 0 aliphatic carbocycles. The van der Waals surface area contributed by atoms with Crippen LogP contribution >= 0.6 is 0 Å². The Bertz CT molecular complexity index is 975. The Morgan fingerprint density at radius 3 is 2.58 bits per heavy atom. The number of carbonyl (C=O) groups is 1. The molecule has 2 aromatic rings. The summed E-state index contributed by atoms with van der Waals surface area (Å²) >= 11 is 0. The summed E-state index contributed by atoms with van der Waals surface area (Å²) in [6.07, 6.45) is 1.83. The number of methoxy groups -OCH3 is 2. The van der Waals surface area contributed by atoms with Crippen molar-refractivity contribution in [2.45, 2.75) is 30.4 Å². The second kappa shape index (κ2) is 10.6. The maximum Gasteiger partial charge on any atom is 0.247 e. The van der Waals surface area contributed by atoms with Gasteiger partial charge in [0.15, 0.2) is 0 Å². The maximum atomic E-state index is 13.5. The van der Waals surface area contributed by atoms with E-state index in [0.29, 0.717) is 18.9 Å². The summed E-state index contributed by atoms with van der Waals surface area (Å²) in [6, 6.07) is 13.6. The standard InChI is InChI=1S/C22H28N2O6S/c1-28-18-10-11-21(20(13-18)29-2)31(26,27)24(15-17-7-4-3-5-8-17)16-22(25)23-14-19-9-6-12-30-19/h3-5,7-8,10-11,13,19H,6,9,12,14-16H2,1-2H3,(H,23,25)/t19-/m0/s1. The molecule has 1 N–H and O–H groups in total. The van der Waals surface area contributed by atoms with Gasteiger partial charge < -0.3 is 19.5 Å². The molecule has 1 atom stereocenters. The van der Waals surface area contributed by atoms with Crippen LogP contribution < -0.4 is 14.8 Å². The highest BCUT2D eigenvalue weighted by Gasteiger charge is 2.30. The molecule has 1 heterocycles. The van der Waals surface area contributed by atoms with Crippen LogP contribution in [0.3, 0.4) is 0 Å². The van der Waals surface area contributed by atoms with Crippen LogP contribution in [0.5, 0.6) is 11.5 Å². The van der Waals surface area contributed by atoms with Crippen molar-refractivity contribution < 1.29 is 27.4 Å². The highest BCUT2D eigenvalue weighted by Crippen LogP contribution is 2.31. The fourth-order valence-corrected chi connectivity index (χ4v) is 4.91. The second-order valence-corrected chi connectivity index (χ2v) is 9.12. The number of nitrogens with zero attached hydrogens (tertiary/aromatic N) is 1. The number of hydrogen-bond acceptors (Lipinski definition) is 6. The van der Waals surface area contributed by atoms with Gasteiger partial charge in [-0.15, -0.1) is 0 Å². The van der Waals surface area contributed by atoms with E-state index in [4.69, 9.17) is 14.2 Å². The van der Waals surface area contributed by atoms with Gasteiger partial charge in [0.05, 0.1) is 26.9 Å². The van der Waals surface area contributed by atoms with E-state index in [-0.39, 0.29) is 35.7 Å². The summed E-state index contributed by atoms with van der Waals surface area (Å²) in [6.45, 7) is 0.779. The van der Waals surface area contributed by atoms with E-state index < -0.39 is 10.0 Å². The van der Waals surface area contributed by atoms with Crippen LogP contribution in [0.1, 0.15) is 18.4 Å². The third-order valence-electron chi connectivity index (χ3n) is 5.06. The van der Waals surface area contributed by atoms with E-state index in [0.717, 1.165) is 22.7 Å². The highest BCUT2D eigenvalue weighted by molar-refractivity contribution is 7.89. The van der Waals surface area contributed by atoms with E-state index in [1.807, 2.05) is 30.3 Å². The van der Waals surface area contributed by atoms with Gasteiger partial charge in [0, 0.05) is 25.8 Å². The Kier molecular flexibility index (Phi) is 7.89. The minimum absolute atomic E-state index is 0.0233. The zero-order chi connectivity index (χ0) is 22.3. The number of benzene rings is 2. The lowest BCUT2D eigenvalue weighted by molar-refractivity contribution is -0.121. The summed E-state index contributed by atoms with van der Waals surface area (Å²) in [5.74, 6) is 0.236. The van der Waals surface area contributed by atoms with Crippen LogP contribution in [0.2, 0.25) is 0 Å². The van der Waals surface area contributed by atoms with Gasteiger partial charge in [-0.25, -0.2) is 8.42 Å². The Labute approximate surface area is 183 Å². The van der Waals surface area contributed by atoms with E-state index in [1.54, 1.807) is 6.07 Å². The van der Waals surface area contributed by atoms with Crippen LogP contribution in [0, 0.1) is 0 Å². The number of rotatable bonds is 10. The average molecular weight is 449 g/mol. The number of ether oxygens (including phenoxy) is 3. The Morgan fingerprint density at radius 1 is 1.16 bits per heavy atom. The monoisotopic (exact) mass is 448 g/mol. The minimum Gasteiger partial charge on any atom is -0.497 e. The van der Waals surface area contributed by atoms with Gasteiger partial charge in [-0.2, -0.15) is 4.31 Å². The molecule has 0 aromatic heterocycles. The van der Waals surface area contributed by atoms with Crippen LogP contribution in [0.4, 0.5) is 0 Å². The second-order valence-electron chi connectivity index (χ2n) is 7.21. The summed E-state index contributed by atoms with van der Waals surface area (Å²) in [4.78, 5) is 12.6. The number of carbonyl (C=O) groups excluding carboxylic acids is 1. The van der Waals surface area contributed by atoms with Gasteiger partial charge in [0.2, 0.25) is 15.9 Å². The maximum absolute atomic E-state index is 13.5. The van der Waals surface area contributed by atoms with Gasteiger partial charge in [0.1, 0.15) is 16.4 Å². The predicted molar refractivity (Wildman–Crippen MR) is 116 cm³/mol. The summed E-state index contributed by atoms with van der Waals surface area (Å²) in [5.41, 5.74) is 0.769. The quantitative estimate of drug-likeness (QED) is 0.599. The lowest BCUT2D eigenvalue weighted by Gasteiger charge is -2.23. The van der Waals surface area contributed by atoms with E-state index >= 15 is 0 Å². The number of nitrogens with one attached hydrogen (secondary N) is 1. The molecule has 1 aliphatic heterocycles. The molecule has 0 bridgehead atoms. The topological polar surface area (TPSA) is 94.2 Å². The van der Waals surface area contributed by atoms with Gasteiger partial charge in [-0.3, -0.25) is 4.79 Å². The van der Waals surface area contributed by atoms with Crippen molar-refractivity contribution in [3.63, 3.8) is 0 Å². The summed E-state index contributed by atoms with van der Waals surface area (Å²) < 4.78 is 44.1. The molecule has 168 valence electrons. The third-order valence-corrected chi connectivity index (χ3v) is 6.89. The molecule has 3 rings (SSSR count). The van der Waals surface area contributed by atoms with Crippen LogP contribution in [-0.4, -0.2) is 58.7 Å². The molecule has 2 aromatic carbocycles. The molecule has 0 saturated carbocycles. The molecule has 1 amide bonds. The molecule has 8 nitrogen and oxygen atoms in total. The molecule has 0 spiro atoms. The van der Waals surface area contributed by atoms with E-state index in [1.165, 1.54) is 26.4 Å². The van der Waals surface area contributed by atoms with Crippen LogP contribution in [0.25, 0.3) is 0 Å². The first-order valence-corrected chi connectivity index (χ1v) is 11.5. The van der Waals surface area contributed by atoms with Crippen molar-refractivity contribution in [3.05, 3.63) is 54.1 Å². The molecule has 1 aliphatic rings. The van der Waals surface area contributed by atoms with Gasteiger partial charge in [-0.05, 0) is 30.5 Å². The molecule has 31 heavy (non-hydrogen) atoms. The average Bonchev–Trinajstić information content (AvgIpc) is 3.31. The molecule has 0 unspecified atom stereocenters. The fraction of sp³-hybridized carbons (Fsp3) is 0.409. The van der Waals surface area contributed by atoms with Gasteiger partial charge in [-0.1, -0.05) is 30.3 Å². The van der Waals surface area contributed by atoms with Gasteiger partial charge >= 0.3 is 0 Å². The van der Waals surface area contributed by atoms with Crippen molar-refractivity contribution >= 4 is 15.9 Å². The van der Waals surface area contributed by atoms with Crippen molar-refractivity contribution in [2.24, 2.45) is 0 Å². The molecule has 1 fully saturated rings. The molecule has 0 radical (unpaired) electrons. The SMILES string of the molecule is COc1ccc(S(=O)(=O)N(CC(=O)NC[C@@H]2CCCO2)Cc2ccccc2)c(OC)c1. The zero-order valence-electron chi connectivity index (χ0n) is 17.7. The number of amides is 1. The lowest BCUT2D eigenvalue weighted by atomic mass is 10.2. The highest BCUT2D eigenvalue weighted by atomic mass is 32.2. The molecular weight excluding hydrogens is 420 g/mol. The van der Waals surface area contributed by atoms with Gasteiger partial charge in [0.25, 0.3) is 0 Å². The summed E-state index contributed by atoms with van der Waals surface area (Å²) in [7, 11) is -1.16. The Hall–Kier alpha value is -2.62. The fourth-order valence-electron chi connectivity index (χ4n) is 3.39. The molecule has 9 heteroatoms. The first-order valence-electron chi connectivity index (χ1n) is 10.1.